The van der Waals surface area contributed by atoms with Gasteiger partial charge in [0.2, 0.25) is 0 Å². The molecule has 1 unspecified atom stereocenters. The van der Waals surface area contributed by atoms with Gasteiger partial charge in [0.15, 0.2) is 0 Å². The van der Waals surface area contributed by atoms with Gasteiger partial charge < -0.3 is 0 Å². The molecular weight excluding hydrogens is 144 g/mol. The molecule has 0 saturated carbocycles. The molecule has 0 spiro atoms. The van der Waals surface area contributed by atoms with Crippen LogP contribution in [0.2, 0.25) is 0 Å². The Morgan fingerprint density at radius 3 is 2.50 bits per heavy atom. The first kappa shape index (κ1) is 11.7. The van der Waals surface area contributed by atoms with Crippen LogP contribution in [0, 0.1) is 12.8 Å². The molecule has 0 aromatic carbocycles. The zero-order valence-corrected chi connectivity index (χ0v) is 8.90. The first-order chi connectivity index (χ1) is 5.74. The van der Waals surface area contributed by atoms with Crippen molar-refractivity contribution < 1.29 is 0 Å². The molecule has 0 amide bonds. The van der Waals surface area contributed by atoms with Crippen molar-refractivity contribution in [3.05, 3.63) is 18.6 Å². The molecule has 1 radical (unpaired) electrons. The third kappa shape index (κ3) is 5.40. The van der Waals surface area contributed by atoms with Crippen LogP contribution in [-0.2, 0) is 0 Å². The maximum absolute atomic E-state index is 3.93. The normalized spacial score (nSPS) is 14.8. The highest BCUT2D eigenvalue weighted by atomic mass is 14.1. The van der Waals surface area contributed by atoms with Crippen molar-refractivity contribution >= 4 is 0 Å². The molecule has 71 valence electrons. The van der Waals surface area contributed by atoms with Gasteiger partial charge in [0.1, 0.15) is 0 Å². The highest BCUT2D eigenvalue weighted by molar-refractivity contribution is 5.01. The molecule has 0 aliphatic carbocycles. The first-order valence-electron chi connectivity index (χ1n) is 5.21. The van der Waals surface area contributed by atoms with Crippen molar-refractivity contribution in [1.29, 1.82) is 0 Å². The standard InChI is InChI=1S/C12H23/c1-5-8-9-12(7-3)10-11(4)6-2/h9,11H,2,5-8,10H2,1,3-4H3. The van der Waals surface area contributed by atoms with Crippen molar-refractivity contribution in [2.45, 2.75) is 52.9 Å². The number of rotatable bonds is 6. The number of hydrogen-bond acceptors (Lipinski definition) is 0. The Kier molecular flexibility index (Phi) is 7.23. The average Bonchev–Trinajstić information content (AvgIpc) is 2.11. The molecule has 0 aromatic heterocycles. The maximum atomic E-state index is 3.93. The molecule has 0 fully saturated rings. The highest BCUT2D eigenvalue weighted by Crippen LogP contribution is 2.17. The summed E-state index contributed by atoms with van der Waals surface area (Å²) in [7, 11) is 0. The fraction of sp³-hybridized carbons (Fsp3) is 0.750. The minimum absolute atomic E-state index is 0.757. The van der Waals surface area contributed by atoms with Gasteiger partial charge in [-0.3, -0.25) is 0 Å². The van der Waals surface area contributed by atoms with Gasteiger partial charge in [-0.05, 0) is 25.2 Å². The summed E-state index contributed by atoms with van der Waals surface area (Å²) < 4.78 is 0. The van der Waals surface area contributed by atoms with Crippen LogP contribution in [0.5, 0.6) is 0 Å². The third-order valence-electron chi connectivity index (χ3n) is 2.28. The predicted octanol–water partition coefficient (Wildman–Crippen LogP) is 4.37. The summed E-state index contributed by atoms with van der Waals surface area (Å²) >= 11 is 0. The molecule has 0 aliphatic rings. The summed E-state index contributed by atoms with van der Waals surface area (Å²) in [6.07, 6.45) is 8.44. The van der Waals surface area contributed by atoms with E-state index in [4.69, 9.17) is 0 Å². The lowest BCUT2D eigenvalue weighted by molar-refractivity contribution is 0.574. The van der Waals surface area contributed by atoms with Gasteiger partial charge in [-0.15, -0.1) is 0 Å². The summed E-state index contributed by atoms with van der Waals surface area (Å²) in [6.45, 7) is 10.7. The minimum Gasteiger partial charge on any atom is -0.0853 e. The minimum atomic E-state index is 0.757. The van der Waals surface area contributed by atoms with Crippen molar-refractivity contribution in [2.75, 3.05) is 0 Å². The summed E-state index contributed by atoms with van der Waals surface area (Å²) in [5.41, 5.74) is 1.62. The quantitative estimate of drug-likeness (QED) is 0.515. The van der Waals surface area contributed by atoms with E-state index < -0.39 is 0 Å². The van der Waals surface area contributed by atoms with E-state index in [2.05, 4.69) is 33.8 Å². The van der Waals surface area contributed by atoms with Crippen LogP contribution in [-0.4, -0.2) is 0 Å². The molecule has 0 N–H and O–H groups in total. The third-order valence-corrected chi connectivity index (χ3v) is 2.28. The molecule has 0 nitrogen and oxygen atoms in total. The van der Waals surface area contributed by atoms with E-state index in [-0.39, 0.29) is 0 Å². The highest BCUT2D eigenvalue weighted by Gasteiger charge is 2.01. The van der Waals surface area contributed by atoms with Crippen molar-refractivity contribution in [3.8, 4) is 0 Å². The van der Waals surface area contributed by atoms with Crippen LogP contribution in [0.4, 0.5) is 0 Å². The van der Waals surface area contributed by atoms with Gasteiger partial charge in [0.25, 0.3) is 0 Å². The van der Waals surface area contributed by atoms with Crippen molar-refractivity contribution in [2.24, 2.45) is 5.92 Å². The van der Waals surface area contributed by atoms with E-state index in [0.29, 0.717) is 0 Å². The zero-order valence-electron chi connectivity index (χ0n) is 8.90. The Bertz CT molecular complexity index is 122. The Labute approximate surface area is 78.1 Å². The van der Waals surface area contributed by atoms with Crippen LogP contribution in [0.25, 0.3) is 0 Å². The SMILES string of the molecule is [CH2]CC(C)CC(=CCCC)CC. The largest absolute Gasteiger partial charge is 0.0853 e. The fourth-order valence-corrected chi connectivity index (χ4v) is 1.27. The van der Waals surface area contributed by atoms with E-state index >= 15 is 0 Å². The average molecular weight is 167 g/mol. The zero-order chi connectivity index (χ0) is 9.40. The molecule has 0 aromatic rings. The lowest BCUT2D eigenvalue weighted by Gasteiger charge is -2.10. The fourth-order valence-electron chi connectivity index (χ4n) is 1.27. The summed E-state index contributed by atoms with van der Waals surface area (Å²) in [4.78, 5) is 0. The van der Waals surface area contributed by atoms with Crippen LogP contribution < -0.4 is 0 Å². The van der Waals surface area contributed by atoms with Crippen LogP contribution in [0.3, 0.4) is 0 Å². The molecular formula is C12H23. The summed E-state index contributed by atoms with van der Waals surface area (Å²) in [5.74, 6) is 0.757. The Morgan fingerprint density at radius 1 is 1.42 bits per heavy atom. The van der Waals surface area contributed by atoms with Crippen LogP contribution in [0.1, 0.15) is 52.9 Å². The van der Waals surface area contributed by atoms with Gasteiger partial charge in [-0.25, -0.2) is 0 Å². The van der Waals surface area contributed by atoms with E-state index in [1.807, 2.05) is 0 Å². The molecule has 1 atom stereocenters. The summed E-state index contributed by atoms with van der Waals surface area (Å²) in [5, 5.41) is 0. The smallest absolute Gasteiger partial charge is 0.0295 e. The Hall–Kier alpha value is -0.260. The number of allylic oxidation sites excluding steroid dienone is 2. The second-order valence-electron chi connectivity index (χ2n) is 3.60. The van der Waals surface area contributed by atoms with Crippen molar-refractivity contribution in [3.63, 3.8) is 0 Å². The molecule has 0 saturated heterocycles. The lowest BCUT2D eigenvalue weighted by atomic mass is 9.96. The number of hydrogen-bond donors (Lipinski definition) is 0. The van der Waals surface area contributed by atoms with Gasteiger partial charge >= 0.3 is 0 Å². The van der Waals surface area contributed by atoms with Gasteiger partial charge in [-0.2, -0.15) is 0 Å². The molecule has 0 rings (SSSR count). The maximum Gasteiger partial charge on any atom is -0.0295 e. The van der Waals surface area contributed by atoms with E-state index in [1.165, 1.54) is 25.7 Å². The predicted molar refractivity (Wildman–Crippen MR) is 57.0 cm³/mol. The summed E-state index contributed by atoms with van der Waals surface area (Å²) in [6, 6.07) is 0. The molecule has 0 bridgehead atoms. The second kappa shape index (κ2) is 7.39. The topological polar surface area (TPSA) is 0 Å². The molecule has 0 aliphatic heterocycles. The van der Waals surface area contributed by atoms with E-state index in [1.54, 1.807) is 5.57 Å². The van der Waals surface area contributed by atoms with Crippen molar-refractivity contribution in [1.82, 2.24) is 0 Å². The van der Waals surface area contributed by atoms with E-state index in [9.17, 15) is 0 Å². The lowest BCUT2D eigenvalue weighted by Crippen LogP contribution is -1.94. The Balaban J connectivity index is 3.81. The second-order valence-corrected chi connectivity index (χ2v) is 3.60. The molecule has 0 heteroatoms. The Morgan fingerprint density at radius 2 is 2.08 bits per heavy atom. The van der Waals surface area contributed by atoms with Crippen LogP contribution >= 0.6 is 0 Å². The van der Waals surface area contributed by atoms with Gasteiger partial charge in [0, 0.05) is 0 Å². The molecule has 12 heavy (non-hydrogen) atoms. The van der Waals surface area contributed by atoms with Crippen LogP contribution in [0.15, 0.2) is 11.6 Å². The number of unbranched alkanes of at least 4 members (excludes halogenated alkanes) is 1. The molecule has 0 heterocycles. The van der Waals surface area contributed by atoms with E-state index in [0.717, 1.165) is 12.3 Å². The monoisotopic (exact) mass is 167 g/mol. The van der Waals surface area contributed by atoms with Gasteiger partial charge in [0.05, 0.1) is 0 Å². The first-order valence-corrected chi connectivity index (χ1v) is 5.21. The van der Waals surface area contributed by atoms with Gasteiger partial charge in [-0.1, -0.05) is 52.2 Å².